The van der Waals surface area contributed by atoms with E-state index in [2.05, 4.69) is 14.9 Å². The Balaban J connectivity index is 1.65. The van der Waals surface area contributed by atoms with Crippen molar-refractivity contribution >= 4 is 5.91 Å². The number of rotatable bonds is 3. The second-order valence-corrected chi connectivity index (χ2v) is 5.83. The maximum Gasteiger partial charge on any atom is 0.227 e. The number of imidazole rings is 1. The number of carbonyl (C=O) groups excluding carboxylic acids is 1. The Hall–Kier alpha value is -2.04. The average molecular weight is 287 g/mol. The van der Waals surface area contributed by atoms with Gasteiger partial charge >= 0.3 is 0 Å². The fourth-order valence-electron chi connectivity index (χ4n) is 3.03. The van der Waals surface area contributed by atoms with E-state index in [0.29, 0.717) is 0 Å². The van der Waals surface area contributed by atoms with E-state index in [4.69, 9.17) is 4.42 Å². The first kappa shape index (κ1) is 13.9. The van der Waals surface area contributed by atoms with Crippen molar-refractivity contribution in [2.45, 2.75) is 52.1 Å². The zero-order valence-electron chi connectivity index (χ0n) is 12.7. The summed E-state index contributed by atoms with van der Waals surface area (Å²) in [4.78, 5) is 16.8. The van der Waals surface area contributed by atoms with Crippen LogP contribution in [0.2, 0.25) is 0 Å². The van der Waals surface area contributed by atoms with Crippen molar-refractivity contribution in [2.75, 3.05) is 0 Å². The third-order valence-electron chi connectivity index (χ3n) is 4.22. The molecule has 0 fully saturated rings. The van der Waals surface area contributed by atoms with Crippen LogP contribution in [-0.4, -0.2) is 21.5 Å². The van der Waals surface area contributed by atoms with Gasteiger partial charge in [0.1, 0.15) is 17.3 Å². The molecule has 0 saturated heterocycles. The standard InChI is InChI=1S/C16H21N3O2/c1-10-8-14(12(3)21-10)11(2)16(20)18-13-4-5-15-17-6-7-19(15)9-13/h6-8,11,13H,4-5,9H2,1-3H3,(H,18,20). The predicted molar refractivity (Wildman–Crippen MR) is 79.1 cm³/mol. The highest BCUT2D eigenvalue weighted by Crippen LogP contribution is 2.24. The lowest BCUT2D eigenvalue weighted by Gasteiger charge is -2.26. The minimum atomic E-state index is -0.188. The quantitative estimate of drug-likeness (QED) is 0.942. The van der Waals surface area contributed by atoms with E-state index in [0.717, 1.165) is 42.3 Å². The molecule has 3 heterocycles. The molecule has 21 heavy (non-hydrogen) atoms. The molecule has 2 aromatic heterocycles. The molecule has 2 aromatic rings. The molecule has 0 saturated carbocycles. The molecular weight excluding hydrogens is 266 g/mol. The zero-order valence-corrected chi connectivity index (χ0v) is 12.7. The average Bonchev–Trinajstić information content (AvgIpc) is 3.03. The Morgan fingerprint density at radius 1 is 1.52 bits per heavy atom. The lowest BCUT2D eigenvalue weighted by atomic mass is 9.99. The van der Waals surface area contributed by atoms with Gasteiger partial charge in [-0.2, -0.15) is 0 Å². The Bertz CT molecular complexity index is 656. The maximum atomic E-state index is 12.4. The summed E-state index contributed by atoms with van der Waals surface area (Å²) in [5.74, 6) is 2.66. The second kappa shape index (κ2) is 5.39. The van der Waals surface area contributed by atoms with Gasteiger partial charge in [0.25, 0.3) is 0 Å². The Morgan fingerprint density at radius 3 is 3.05 bits per heavy atom. The van der Waals surface area contributed by atoms with Crippen LogP contribution in [0.5, 0.6) is 0 Å². The van der Waals surface area contributed by atoms with Crippen molar-refractivity contribution in [3.8, 4) is 0 Å². The molecule has 5 heteroatoms. The first-order valence-electron chi connectivity index (χ1n) is 7.42. The molecule has 0 radical (unpaired) electrons. The molecule has 0 spiro atoms. The van der Waals surface area contributed by atoms with Crippen LogP contribution >= 0.6 is 0 Å². The van der Waals surface area contributed by atoms with Gasteiger partial charge < -0.3 is 14.3 Å². The van der Waals surface area contributed by atoms with Crippen LogP contribution in [0.4, 0.5) is 0 Å². The molecule has 0 aromatic carbocycles. The highest BCUT2D eigenvalue weighted by atomic mass is 16.3. The fourth-order valence-corrected chi connectivity index (χ4v) is 3.03. The van der Waals surface area contributed by atoms with E-state index >= 15 is 0 Å². The van der Waals surface area contributed by atoms with Crippen molar-refractivity contribution < 1.29 is 9.21 Å². The van der Waals surface area contributed by atoms with Gasteiger partial charge in [-0.1, -0.05) is 0 Å². The van der Waals surface area contributed by atoms with Crippen LogP contribution in [0.1, 0.15) is 42.2 Å². The molecule has 1 N–H and O–H groups in total. The first-order valence-corrected chi connectivity index (χ1v) is 7.42. The Morgan fingerprint density at radius 2 is 2.33 bits per heavy atom. The number of nitrogens with zero attached hydrogens (tertiary/aromatic N) is 2. The summed E-state index contributed by atoms with van der Waals surface area (Å²) in [5.41, 5.74) is 0.976. The molecule has 0 aliphatic carbocycles. The summed E-state index contributed by atoms with van der Waals surface area (Å²) in [6.45, 7) is 6.54. The van der Waals surface area contributed by atoms with Crippen LogP contribution in [0, 0.1) is 13.8 Å². The van der Waals surface area contributed by atoms with Gasteiger partial charge in [0.05, 0.1) is 5.92 Å². The van der Waals surface area contributed by atoms with Gasteiger partial charge in [-0.05, 0) is 33.3 Å². The number of furan rings is 1. The minimum absolute atomic E-state index is 0.0625. The van der Waals surface area contributed by atoms with E-state index in [1.54, 1.807) is 0 Å². The van der Waals surface area contributed by atoms with E-state index in [-0.39, 0.29) is 17.9 Å². The number of nitrogens with one attached hydrogen (secondary N) is 1. The summed E-state index contributed by atoms with van der Waals surface area (Å²) in [6, 6.07) is 2.13. The highest BCUT2D eigenvalue weighted by molar-refractivity contribution is 5.83. The van der Waals surface area contributed by atoms with Crippen LogP contribution < -0.4 is 5.32 Å². The summed E-state index contributed by atoms with van der Waals surface area (Å²) >= 11 is 0. The van der Waals surface area contributed by atoms with Crippen molar-refractivity contribution in [3.05, 3.63) is 41.4 Å². The molecule has 5 nitrogen and oxygen atoms in total. The van der Waals surface area contributed by atoms with Gasteiger partial charge in [0, 0.05) is 37.0 Å². The van der Waals surface area contributed by atoms with Gasteiger partial charge in [0.2, 0.25) is 5.91 Å². The highest BCUT2D eigenvalue weighted by Gasteiger charge is 2.25. The van der Waals surface area contributed by atoms with E-state index in [1.807, 2.05) is 39.2 Å². The molecule has 112 valence electrons. The SMILES string of the molecule is Cc1cc(C(C)C(=O)NC2CCc3nccn3C2)c(C)o1. The molecular formula is C16H21N3O2. The normalized spacial score (nSPS) is 19.1. The number of amides is 1. The molecule has 3 rings (SSSR count). The van der Waals surface area contributed by atoms with Crippen molar-refractivity contribution in [3.63, 3.8) is 0 Å². The molecule has 2 unspecified atom stereocenters. The second-order valence-electron chi connectivity index (χ2n) is 5.83. The Kier molecular flexibility index (Phi) is 3.57. The van der Waals surface area contributed by atoms with Gasteiger partial charge in [-0.3, -0.25) is 4.79 Å². The Labute approximate surface area is 124 Å². The van der Waals surface area contributed by atoms with Gasteiger partial charge in [-0.15, -0.1) is 0 Å². The van der Waals surface area contributed by atoms with E-state index in [1.165, 1.54) is 0 Å². The lowest BCUT2D eigenvalue weighted by Crippen LogP contribution is -2.42. The number of aryl methyl sites for hydroxylation is 3. The minimum Gasteiger partial charge on any atom is -0.466 e. The zero-order chi connectivity index (χ0) is 15.0. The molecule has 1 aliphatic heterocycles. The topological polar surface area (TPSA) is 60.1 Å². The molecule has 1 aliphatic rings. The third kappa shape index (κ3) is 2.73. The third-order valence-corrected chi connectivity index (χ3v) is 4.22. The number of aromatic nitrogens is 2. The van der Waals surface area contributed by atoms with E-state index < -0.39 is 0 Å². The van der Waals surface area contributed by atoms with Crippen LogP contribution in [0.25, 0.3) is 0 Å². The number of hydrogen-bond acceptors (Lipinski definition) is 3. The van der Waals surface area contributed by atoms with Gasteiger partial charge in [-0.25, -0.2) is 4.98 Å². The van der Waals surface area contributed by atoms with Crippen molar-refractivity contribution in [2.24, 2.45) is 0 Å². The smallest absolute Gasteiger partial charge is 0.227 e. The van der Waals surface area contributed by atoms with Gasteiger partial charge in [0.15, 0.2) is 0 Å². The van der Waals surface area contributed by atoms with Crippen molar-refractivity contribution in [1.29, 1.82) is 0 Å². The molecule has 1 amide bonds. The number of carbonyl (C=O) groups is 1. The van der Waals surface area contributed by atoms with Crippen molar-refractivity contribution in [1.82, 2.24) is 14.9 Å². The molecule has 0 bridgehead atoms. The summed E-state index contributed by atoms with van der Waals surface area (Å²) in [7, 11) is 0. The van der Waals surface area contributed by atoms with Crippen LogP contribution in [0.3, 0.4) is 0 Å². The summed E-state index contributed by atoms with van der Waals surface area (Å²) < 4.78 is 7.64. The number of hydrogen-bond donors (Lipinski definition) is 1. The summed E-state index contributed by atoms with van der Waals surface area (Å²) in [6.07, 6.45) is 5.65. The fraction of sp³-hybridized carbons (Fsp3) is 0.500. The largest absolute Gasteiger partial charge is 0.466 e. The first-order chi connectivity index (χ1) is 10.0. The van der Waals surface area contributed by atoms with Crippen LogP contribution in [0.15, 0.2) is 22.9 Å². The lowest BCUT2D eigenvalue weighted by molar-refractivity contribution is -0.123. The monoisotopic (exact) mass is 287 g/mol. The predicted octanol–water partition coefficient (Wildman–Crippen LogP) is 2.33. The summed E-state index contributed by atoms with van der Waals surface area (Å²) in [5, 5.41) is 3.16. The van der Waals surface area contributed by atoms with E-state index in [9.17, 15) is 4.79 Å². The molecule has 2 atom stereocenters. The number of fused-ring (bicyclic) bond motifs is 1. The maximum absolute atomic E-state index is 12.4. The van der Waals surface area contributed by atoms with Crippen LogP contribution in [-0.2, 0) is 17.8 Å².